The van der Waals surface area contributed by atoms with Crippen LogP contribution in [-0.4, -0.2) is 15.8 Å². The van der Waals surface area contributed by atoms with Crippen molar-refractivity contribution in [3.63, 3.8) is 0 Å². The van der Waals surface area contributed by atoms with Crippen molar-refractivity contribution in [2.75, 3.05) is 6.26 Å². The van der Waals surface area contributed by atoms with Gasteiger partial charge in [-0.1, -0.05) is 13.8 Å². The highest BCUT2D eigenvalue weighted by Crippen LogP contribution is 2.19. The van der Waals surface area contributed by atoms with Gasteiger partial charge in [0.1, 0.15) is 6.26 Å². The van der Waals surface area contributed by atoms with Gasteiger partial charge in [-0.3, -0.25) is 0 Å². The summed E-state index contributed by atoms with van der Waals surface area (Å²) in [5.74, 6) is 0.479. The van der Waals surface area contributed by atoms with E-state index in [1.165, 1.54) is 11.1 Å². The van der Waals surface area contributed by atoms with E-state index in [1.807, 2.05) is 19.2 Å². The Balaban J connectivity index is 3.06. The van der Waals surface area contributed by atoms with Crippen LogP contribution in [0.15, 0.2) is 17.3 Å². The molecule has 1 heterocycles. The molecule has 0 aliphatic heterocycles. The maximum atomic E-state index is 11.1. The molecule has 0 bridgehead atoms. The van der Waals surface area contributed by atoms with Crippen molar-refractivity contribution >= 4 is 11.2 Å². The summed E-state index contributed by atoms with van der Waals surface area (Å²) >= 11 is -0.972. The maximum Gasteiger partial charge on any atom is 0.244 e. The van der Waals surface area contributed by atoms with Crippen molar-refractivity contribution in [2.24, 2.45) is 0 Å². The molecule has 1 aromatic heterocycles. The fraction of sp³-hybridized carbons (Fsp3) is 0.500. The summed E-state index contributed by atoms with van der Waals surface area (Å²) in [7, 11) is 0. The number of pyridine rings is 1. The van der Waals surface area contributed by atoms with Gasteiger partial charge in [0.25, 0.3) is 0 Å². The molecule has 0 aromatic carbocycles. The van der Waals surface area contributed by atoms with Crippen LogP contribution < -0.4 is 0 Å². The molecule has 0 amide bonds. The number of nitrogens with zero attached hydrogens (tertiary/aromatic N) is 1. The van der Waals surface area contributed by atoms with E-state index < -0.39 is 11.2 Å². The Labute approximate surface area is 82.6 Å². The predicted molar refractivity (Wildman–Crippen MR) is 55.4 cm³/mol. The first-order chi connectivity index (χ1) is 6.02. The Hall–Kier alpha value is -0.540. The number of hydrogen-bond acceptors (Lipinski definition) is 2. The van der Waals surface area contributed by atoms with Crippen molar-refractivity contribution < 1.29 is 4.55 Å². The molecule has 2 nitrogen and oxygen atoms in total. The van der Waals surface area contributed by atoms with Crippen LogP contribution in [0.3, 0.4) is 0 Å². The number of rotatable bonds is 2. The van der Waals surface area contributed by atoms with E-state index >= 15 is 0 Å². The van der Waals surface area contributed by atoms with Gasteiger partial charge in [-0.05, 0) is 24.0 Å². The van der Waals surface area contributed by atoms with Crippen LogP contribution in [0.25, 0.3) is 0 Å². The average Bonchev–Trinajstić information content (AvgIpc) is 2.03. The highest BCUT2D eigenvalue weighted by molar-refractivity contribution is 7.90. The molecule has 13 heavy (non-hydrogen) atoms. The molecule has 0 radical (unpaired) electrons. The lowest BCUT2D eigenvalue weighted by Crippen LogP contribution is -2.03. The highest BCUT2D eigenvalue weighted by Gasteiger charge is 2.10. The Morgan fingerprint density at radius 2 is 2.08 bits per heavy atom. The van der Waals surface area contributed by atoms with E-state index in [2.05, 4.69) is 18.8 Å². The molecular formula is C10H15NOS. The molecule has 3 heteroatoms. The second kappa shape index (κ2) is 4.11. The van der Waals surface area contributed by atoms with Gasteiger partial charge in [0, 0.05) is 23.4 Å². The van der Waals surface area contributed by atoms with Gasteiger partial charge in [0.15, 0.2) is 0 Å². The van der Waals surface area contributed by atoms with Crippen LogP contribution in [-0.2, 0) is 11.2 Å². The van der Waals surface area contributed by atoms with E-state index in [1.54, 1.807) is 6.26 Å². The van der Waals surface area contributed by atoms with Crippen LogP contribution in [0.4, 0.5) is 0 Å². The second-order valence-electron chi connectivity index (χ2n) is 3.49. The Morgan fingerprint density at radius 1 is 1.46 bits per heavy atom. The van der Waals surface area contributed by atoms with Gasteiger partial charge in [0.2, 0.25) is 5.03 Å². The van der Waals surface area contributed by atoms with Gasteiger partial charge >= 0.3 is 0 Å². The molecular weight excluding hydrogens is 182 g/mol. The molecule has 0 saturated heterocycles. The predicted octanol–water partition coefficient (Wildman–Crippen LogP) is 2.25. The van der Waals surface area contributed by atoms with Crippen molar-refractivity contribution in [1.82, 2.24) is 4.98 Å². The first-order valence-corrected chi connectivity index (χ1v) is 5.88. The number of aromatic nitrogens is 1. The minimum atomic E-state index is -0.972. The lowest BCUT2D eigenvalue weighted by Gasteiger charge is -2.10. The topological polar surface area (TPSA) is 36.0 Å². The fourth-order valence-electron chi connectivity index (χ4n) is 1.30. The average molecular weight is 197 g/mol. The zero-order valence-corrected chi connectivity index (χ0v) is 9.31. The third-order valence-electron chi connectivity index (χ3n) is 2.04. The minimum Gasteiger partial charge on any atom is -0.610 e. The van der Waals surface area contributed by atoms with Gasteiger partial charge in [-0.25, -0.2) is 4.98 Å². The summed E-state index contributed by atoms with van der Waals surface area (Å²) in [4.78, 5) is 4.16. The van der Waals surface area contributed by atoms with Gasteiger partial charge < -0.3 is 4.55 Å². The van der Waals surface area contributed by atoms with Crippen LogP contribution in [0.5, 0.6) is 0 Å². The zero-order chi connectivity index (χ0) is 10.0. The quantitative estimate of drug-likeness (QED) is 0.682. The molecule has 0 spiro atoms. The Morgan fingerprint density at radius 3 is 2.46 bits per heavy atom. The molecule has 0 fully saturated rings. The van der Waals surface area contributed by atoms with Crippen LogP contribution >= 0.6 is 0 Å². The molecule has 1 unspecified atom stereocenters. The van der Waals surface area contributed by atoms with Crippen molar-refractivity contribution in [1.29, 1.82) is 0 Å². The van der Waals surface area contributed by atoms with Crippen molar-refractivity contribution in [3.05, 3.63) is 23.4 Å². The van der Waals surface area contributed by atoms with Crippen LogP contribution in [0.1, 0.15) is 30.9 Å². The number of aryl methyl sites for hydroxylation is 1. The highest BCUT2D eigenvalue weighted by atomic mass is 32.2. The first-order valence-electron chi connectivity index (χ1n) is 4.32. The zero-order valence-electron chi connectivity index (χ0n) is 8.50. The van der Waals surface area contributed by atoms with Crippen molar-refractivity contribution in [3.8, 4) is 0 Å². The van der Waals surface area contributed by atoms with Crippen LogP contribution in [0, 0.1) is 6.92 Å². The summed E-state index contributed by atoms with van der Waals surface area (Å²) in [6.45, 7) is 6.30. The summed E-state index contributed by atoms with van der Waals surface area (Å²) in [6.07, 6.45) is 3.48. The molecule has 1 atom stereocenters. The summed E-state index contributed by atoms with van der Waals surface area (Å²) in [5.41, 5.74) is 2.41. The summed E-state index contributed by atoms with van der Waals surface area (Å²) in [6, 6.07) is 1.91. The molecule has 72 valence electrons. The SMILES string of the molecule is Cc1cc([S+](C)[O-])ncc1C(C)C. The van der Waals surface area contributed by atoms with E-state index in [9.17, 15) is 4.55 Å². The Kier molecular flexibility index (Phi) is 3.33. The summed E-state index contributed by atoms with van der Waals surface area (Å²) in [5, 5.41) is 0.668. The normalized spacial score (nSPS) is 13.4. The monoisotopic (exact) mass is 197 g/mol. The largest absolute Gasteiger partial charge is 0.610 e. The molecule has 1 aromatic rings. The molecule has 0 aliphatic rings. The lowest BCUT2D eigenvalue weighted by molar-refractivity contribution is 0.596. The van der Waals surface area contributed by atoms with Gasteiger partial charge in [0.05, 0.1) is 0 Å². The molecule has 0 N–H and O–H groups in total. The lowest BCUT2D eigenvalue weighted by atomic mass is 10.0. The molecule has 1 rings (SSSR count). The van der Waals surface area contributed by atoms with Crippen LogP contribution in [0.2, 0.25) is 0 Å². The molecule has 0 aliphatic carbocycles. The van der Waals surface area contributed by atoms with E-state index in [0.717, 1.165) is 0 Å². The third-order valence-corrected chi connectivity index (χ3v) is 2.86. The molecule has 0 saturated carbocycles. The maximum absolute atomic E-state index is 11.1. The van der Waals surface area contributed by atoms with E-state index in [0.29, 0.717) is 10.9 Å². The number of hydrogen-bond donors (Lipinski definition) is 0. The smallest absolute Gasteiger partial charge is 0.244 e. The first kappa shape index (κ1) is 10.5. The van der Waals surface area contributed by atoms with E-state index in [4.69, 9.17) is 0 Å². The Bertz CT molecular complexity index is 297. The standard InChI is InChI=1S/C10H15NOS/c1-7(2)9-6-11-10(13(4)12)5-8(9)3/h5-7H,1-4H3. The van der Waals surface area contributed by atoms with Crippen molar-refractivity contribution in [2.45, 2.75) is 31.7 Å². The third kappa shape index (κ3) is 2.45. The minimum absolute atomic E-state index is 0.479. The second-order valence-corrected chi connectivity index (χ2v) is 4.81. The summed E-state index contributed by atoms with van der Waals surface area (Å²) < 4.78 is 11.1. The fourth-order valence-corrected chi connectivity index (χ4v) is 1.85. The van der Waals surface area contributed by atoms with Gasteiger partial charge in [-0.2, -0.15) is 0 Å². The van der Waals surface area contributed by atoms with E-state index in [-0.39, 0.29) is 0 Å². The van der Waals surface area contributed by atoms with Gasteiger partial charge in [-0.15, -0.1) is 0 Å².